The number of carbonyl (C=O) groups excluding carboxylic acids is 1. The maximum absolute atomic E-state index is 13.4. The van der Waals surface area contributed by atoms with Gasteiger partial charge in [-0.2, -0.15) is 11.8 Å². The van der Waals surface area contributed by atoms with E-state index in [1.165, 1.54) is 0 Å². The van der Waals surface area contributed by atoms with E-state index in [-0.39, 0.29) is 18.5 Å². The summed E-state index contributed by atoms with van der Waals surface area (Å²) in [5, 5.41) is 12.8. The van der Waals surface area contributed by atoms with Crippen LogP contribution < -0.4 is 5.32 Å². The predicted octanol–water partition coefficient (Wildman–Crippen LogP) is 1.88. The first-order valence-corrected chi connectivity index (χ1v) is 7.65. The Bertz CT molecular complexity index is 490. The monoisotopic (exact) mass is 301 g/mol. The molecule has 0 bridgehead atoms. The van der Waals surface area contributed by atoms with Crippen molar-refractivity contribution >= 4 is 17.7 Å². The summed E-state index contributed by atoms with van der Waals surface area (Å²) in [7, 11) is 0. The van der Waals surface area contributed by atoms with E-state index in [1.807, 2.05) is 0 Å². The molecule has 0 radical (unpaired) electrons. The Morgan fingerprint density at radius 2 is 2.05 bits per heavy atom. The Morgan fingerprint density at radius 3 is 2.75 bits per heavy atom. The molecular formula is C14H17F2NO2S. The van der Waals surface area contributed by atoms with Crippen LogP contribution in [-0.2, 0) is 11.2 Å². The summed E-state index contributed by atoms with van der Waals surface area (Å²) in [5.41, 5.74) is -0.852. The molecule has 1 aliphatic heterocycles. The first kappa shape index (κ1) is 15.3. The lowest BCUT2D eigenvalue weighted by Gasteiger charge is -2.31. The molecule has 0 unspecified atom stereocenters. The molecule has 2 rings (SSSR count). The van der Waals surface area contributed by atoms with Gasteiger partial charge in [-0.1, -0.05) is 0 Å². The van der Waals surface area contributed by atoms with Crippen molar-refractivity contribution < 1.29 is 18.7 Å². The zero-order valence-electron chi connectivity index (χ0n) is 11.0. The van der Waals surface area contributed by atoms with Gasteiger partial charge in [-0.05, 0) is 42.5 Å². The van der Waals surface area contributed by atoms with Gasteiger partial charge in [0.2, 0.25) is 5.91 Å². The van der Waals surface area contributed by atoms with E-state index in [2.05, 4.69) is 5.32 Å². The summed E-state index contributed by atoms with van der Waals surface area (Å²) in [6.45, 7) is 0.156. The largest absolute Gasteiger partial charge is 0.388 e. The Labute approximate surface area is 120 Å². The van der Waals surface area contributed by atoms with Gasteiger partial charge >= 0.3 is 0 Å². The molecule has 6 heteroatoms. The van der Waals surface area contributed by atoms with Crippen molar-refractivity contribution in [2.24, 2.45) is 0 Å². The number of halogens is 2. The van der Waals surface area contributed by atoms with Crippen molar-refractivity contribution in [3.05, 3.63) is 35.4 Å². The second-order valence-corrected chi connectivity index (χ2v) is 6.25. The Balaban J connectivity index is 1.87. The molecule has 110 valence electrons. The molecule has 0 aliphatic carbocycles. The highest BCUT2D eigenvalue weighted by molar-refractivity contribution is 7.99. The van der Waals surface area contributed by atoms with E-state index in [0.717, 1.165) is 29.7 Å². The summed E-state index contributed by atoms with van der Waals surface area (Å²) in [6, 6.07) is 3.03. The highest BCUT2D eigenvalue weighted by Crippen LogP contribution is 2.26. The minimum Gasteiger partial charge on any atom is -0.388 e. The lowest BCUT2D eigenvalue weighted by atomic mass is 9.97. The second-order valence-electron chi connectivity index (χ2n) is 5.03. The van der Waals surface area contributed by atoms with Gasteiger partial charge in [0, 0.05) is 12.1 Å². The number of thioether (sulfide) groups is 1. The van der Waals surface area contributed by atoms with Crippen LogP contribution in [-0.4, -0.2) is 34.7 Å². The third-order valence-electron chi connectivity index (χ3n) is 3.40. The van der Waals surface area contributed by atoms with E-state index >= 15 is 0 Å². The van der Waals surface area contributed by atoms with Crippen molar-refractivity contribution in [1.29, 1.82) is 0 Å². The molecule has 1 heterocycles. The van der Waals surface area contributed by atoms with Crippen LogP contribution in [0.2, 0.25) is 0 Å². The molecule has 1 saturated heterocycles. The van der Waals surface area contributed by atoms with Gasteiger partial charge in [0.1, 0.15) is 11.6 Å². The minimum absolute atomic E-state index is 0.0219. The van der Waals surface area contributed by atoms with Crippen molar-refractivity contribution in [1.82, 2.24) is 5.32 Å². The van der Waals surface area contributed by atoms with E-state index in [0.29, 0.717) is 12.8 Å². The lowest BCUT2D eigenvalue weighted by molar-refractivity contribution is -0.121. The number of carbonyl (C=O) groups is 1. The maximum atomic E-state index is 13.4. The Hall–Kier alpha value is -1.14. The van der Waals surface area contributed by atoms with Gasteiger partial charge < -0.3 is 10.4 Å². The summed E-state index contributed by atoms with van der Waals surface area (Å²) < 4.78 is 26.4. The molecule has 0 spiro atoms. The fourth-order valence-electron chi connectivity index (χ4n) is 2.11. The quantitative estimate of drug-likeness (QED) is 0.893. The van der Waals surface area contributed by atoms with Crippen LogP contribution in [0, 0.1) is 11.6 Å². The SMILES string of the molecule is O=C(Cc1cc(F)ccc1F)NCC1(O)CCSCC1. The highest BCUT2D eigenvalue weighted by atomic mass is 32.2. The summed E-state index contributed by atoms with van der Waals surface area (Å²) >= 11 is 1.77. The normalized spacial score (nSPS) is 17.8. The fourth-order valence-corrected chi connectivity index (χ4v) is 3.36. The third kappa shape index (κ3) is 4.18. The molecule has 1 aromatic rings. The minimum atomic E-state index is -0.874. The van der Waals surface area contributed by atoms with Crippen LogP contribution in [0.4, 0.5) is 8.78 Å². The fraction of sp³-hybridized carbons (Fsp3) is 0.500. The number of hydrogen-bond donors (Lipinski definition) is 2. The van der Waals surface area contributed by atoms with E-state index in [1.54, 1.807) is 11.8 Å². The maximum Gasteiger partial charge on any atom is 0.224 e. The van der Waals surface area contributed by atoms with Crippen molar-refractivity contribution in [2.75, 3.05) is 18.1 Å². The lowest BCUT2D eigenvalue weighted by Crippen LogP contribution is -2.45. The zero-order valence-corrected chi connectivity index (χ0v) is 11.8. The van der Waals surface area contributed by atoms with Crippen molar-refractivity contribution in [3.8, 4) is 0 Å². The number of rotatable bonds is 4. The summed E-state index contributed by atoms with van der Waals surface area (Å²) in [4.78, 5) is 11.7. The second kappa shape index (κ2) is 6.54. The smallest absolute Gasteiger partial charge is 0.224 e. The molecule has 0 saturated carbocycles. The van der Waals surface area contributed by atoms with Crippen LogP contribution >= 0.6 is 11.8 Å². The standard InChI is InChI=1S/C14H17F2NO2S/c15-11-1-2-12(16)10(7-11)8-13(18)17-9-14(19)3-5-20-6-4-14/h1-2,7,19H,3-6,8-9H2,(H,17,18). The first-order valence-electron chi connectivity index (χ1n) is 6.49. The molecule has 20 heavy (non-hydrogen) atoms. The summed E-state index contributed by atoms with van der Waals surface area (Å²) in [6.07, 6.45) is 1.03. The number of amides is 1. The van der Waals surface area contributed by atoms with Crippen LogP contribution in [0.25, 0.3) is 0 Å². The molecule has 1 fully saturated rings. The molecule has 1 aliphatic rings. The average molecular weight is 301 g/mol. The first-order chi connectivity index (χ1) is 9.48. The van der Waals surface area contributed by atoms with Crippen LogP contribution in [0.5, 0.6) is 0 Å². The van der Waals surface area contributed by atoms with Gasteiger partial charge in [0.15, 0.2) is 0 Å². The van der Waals surface area contributed by atoms with Crippen LogP contribution in [0.3, 0.4) is 0 Å². The Morgan fingerprint density at radius 1 is 1.35 bits per heavy atom. The molecular weight excluding hydrogens is 284 g/mol. The Kier molecular flexibility index (Phi) is 4.99. The number of benzene rings is 1. The van der Waals surface area contributed by atoms with E-state index in [9.17, 15) is 18.7 Å². The number of aliphatic hydroxyl groups is 1. The number of nitrogens with one attached hydrogen (secondary N) is 1. The van der Waals surface area contributed by atoms with Gasteiger partial charge in [-0.15, -0.1) is 0 Å². The van der Waals surface area contributed by atoms with E-state index < -0.39 is 23.1 Å². The zero-order chi connectivity index (χ0) is 14.6. The highest BCUT2D eigenvalue weighted by Gasteiger charge is 2.29. The molecule has 3 nitrogen and oxygen atoms in total. The molecule has 2 N–H and O–H groups in total. The molecule has 0 atom stereocenters. The predicted molar refractivity (Wildman–Crippen MR) is 74.6 cm³/mol. The van der Waals surface area contributed by atoms with Crippen molar-refractivity contribution in [3.63, 3.8) is 0 Å². The van der Waals surface area contributed by atoms with Crippen LogP contribution in [0.15, 0.2) is 18.2 Å². The van der Waals surface area contributed by atoms with Gasteiger partial charge in [-0.25, -0.2) is 8.78 Å². The average Bonchev–Trinajstić information content (AvgIpc) is 2.42. The topological polar surface area (TPSA) is 49.3 Å². The van der Waals surface area contributed by atoms with Crippen LogP contribution in [0.1, 0.15) is 18.4 Å². The van der Waals surface area contributed by atoms with Gasteiger partial charge in [-0.3, -0.25) is 4.79 Å². The van der Waals surface area contributed by atoms with E-state index in [4.69, 9.17) is 0 Å². The van der Waals surface area contributed by atoms with Crippen molar-refractivity contribution in [2.45, 2.75) is 24.9 Å². The number of hydrogen-bond acceptors (Lipinski definition) is 3. The van der Waals surface area contributed by atoms with Gasteiger partial charge in [0.25, 0.3) is 0 Å². The molecule has 1 aromatic carbocycles. The molecule has 0 aromatic heterocycles. The third-order valence-corrected chi connectivity index (χ3v) is 4.38. The summed E-state index contributed by atoms with van der Waals surface area (Å²) in [5.74, 6) is 0.142. The molecule has 1 amide bonds. The van der Waals surface area contributed by atoms with Gasteiger partial charge in [0.05, 0.1) is 12.0 Å².